The van der Waals surface area contributed by atoms with Gasteiger partial charge in [-0.15, -0.1) is 0 Å². The summed E-state index contributed by atoms with van der Waals surface area (Å²) in [5.41, 5.74) is 4.52. The normalized spacial score (nSPS) is 13.9. The van der Waals surface area contributed by atoms with Gasteiger partial charge in [0.1, 0.15) is 17.2 Å². The highest BCUT2D eigenvalue weighted by atomic mass is 16.3. The van der Waals surface area contributed by atoms with Crippen molar-refractivity contribution in [1.29, 1.82) is 0 Å². The van der Waals surface area contributed by atoms with E-state index in [-0.39, 0.29) is 23.2 Å². The van der Waals surface area contributed by atoms with Gasteiger partial charge in [-0.05, 0) is 77.9 Å². The Morgan fingerprint density at radius 1 is 0.714 bits per heavy atom. The first kappa shape index (κ1) is 19.6. The average molecular weight is 374 g/mol. The smallest absolute Gasteiger partial charge is 0.115 e. The van der Waals surface area contributed by atoms with Gasteiger partial charge in [-0.1, -0.05) is 49.4 Å². The lowest BCUT2D eigenvalue weighted by Crippen LogP contribution is -2.03. The van der Waals surface area contributed by atoms with E-state index in [0.29, 0.717) is 5.92 Å². The summed E-state index contributed by atoms with van der Waals surface area (Å²) in [5.74, 6) is 1.25. The minimum absolute atomic E-state index is 0.165. The molecule has 2 unspecified atom stereocenters. The molecule has 144 valence electrons. The Bertz CT molecular complexity index is 923. The second-order valence-electron chi connectivity index (χ2n) is 7.32. The fourth-order valence-corrected chi connectivity index (χ4v) is 3.46. The second-order valence-corrected chi connectivity index (χ2v) is 7.32. The molecule has 2 atom stereocenters. The molecule has 0 aliphatic carbocycles. The fourth-order valence-electron chi connectivity index (χ4n) is 3.46. The summed E-state index contributed by atoms with van der Waals surface area (Å²) in [6.45, 7) is 4.26. The molecule has 0 aliphatic rings. The summed E-state index contributed by atoms with van der Waals surface area (Å²) in [5, 5.41) is 28.7. The third kappa shape index (κ3) is 4.95. The molecular weight excluding hydrogens is 348 g/mol. The predicted octanol–water partition coefficient (Wildman–Crippen LogP) is 6.18. The molecule has 0 saturated carbocycles. The molecule has 0 heterocycles. The molecule has 3 aromatic carbocycles. The molecule has 28 heavy (non-hydrogen) atoms. The van der Waals surface area contributed by atoms with Crippen molar-refractivity contribution in [2.45, 2.75) is 32.1 Å². The number of allylic oxidation sites excluding steroid dienone is 2. The molecule has 0 fully saturated rings. The number of hydrogen-bond donors (Lipinski definition) is 3. The zero-order valence-corrected chi connectivity index (χ0v) is 16.2. The Hall–Kier alpha value is -3.20. The lowest BCUT2D eigenvalue weighted by Gasteiger charge is -2.20. The van der Waals surface area contributed by atoms with Gasteiger partial charge >= 0.3 is 0 Å². The Morgan fingerprint density at radius 2 is 1.14 bits per heavy atom. The highest BCUT2D eigenvalue weighted by Crippen LogP contribution is 2.34. The first-order chi connectivity index (χ1) is 13.4. The van der Waals surface area contributed by atoms with Crippen molar-refractivity contribution < 1.29 is 15.3 Å². The third-order valence-corrected chi connectivity index (χ3v) is 5.16. The maximum Gasteiger partial charge on any atom is 0.115 e. The lowest BCUT2D eigenvalue weighted by atomic mass is 9.84. The van der Waals surface area contributed by atoms with E-state index < -0.39 is 0 Å². The number of hydrogen-bond acceptors (Lipinski definition) is 3. The number of phenolic OH excluding ortho intramolecular Hbond substituents is 3. The predicted molar refractivity (Wildman–Crippen MR) is 114 cm³/mol. The van der Waals surface area contributed by atoms with E-state index in [9.17, 15) is 15.3 Å². The van der Waals surface area contributed by atoms with Gasteiger partial charge in [0.2, 0.25) is 0 Å². The van der Waals surface area contributed by atoms with Crippen LogP contribution in [0.3, 0.4) is 0 Å². The van der Waals surface area contributed by atoms with Gasteiger partial charge in [0.05, 0.1) is 0 Å². The van der Waals surface area contributed by atoms with Crippen LogP contribution in [0.25, 0.3) is 5.57 Å². The van der Waals surface area contributed by atoms with Crippen LogP contribution in [0.2, 0.25) is 0 Å². The highest BCUT2D eigenvalue weighted by molar-refractivity contribution is 5.65. The summed E-state index contributed by atoms with van der Waals surface area (Å²) in [6, 6.07) is 22.0. The van der Waals surface area contributed by atoms with Crippen LogP contribution in [0, 0.1) is 0 Å². The SMILES string of the molecule is C/C(=C/C(CC(C)c1ccc(O)cc1)c1ccc(O)cc1)c1ccc(O)cc1. The molecule has 0 saturated heterocycles. The van der Waals surface area contributed by atoms with Gasteiger partial charge in [0.15, 0.2) is 0 Å². The topological polar surface area (TPSA) is 60.7 Å². The Balaban J connectivity index is 1.90. The minimum Gasteiger partial charge on any atom is -0.508 e. The maximum absolute atomic E-state index is 9.65. The number of phenols is 3. The highest BCUT2D eigenvalue weighted by Gasteiger charge is 2.16. The van der Waals surface area contributed by atoms with E-state index >= 15 is 0 Å². The van der Waals surface area contributed by atoms with Crippen LogP contribution in [0.15, 0.2) is 78.9 Å². The average Bonchev–Trinajstić information content (AvgIpc) is 2.69. The summed E-state index contributed by atoms with van der Waals surface area (Å²) < 4.78 is 0. The zero-order valence-electron chi connectivity index (χ0n) is 16.2. The fraction of sp³-hybridized carbons (Fsp3) is 0.200. The second kappa shape index (κ2) is 8.66. The van der Waals surface area contributed by atoms with Gasteiger partial charge in [0.25, 0.3) is 0 Å². The van der Waals surface area contributed by atoms with Crippen molar-refractivity contribution in [3.05, 3.63) is 95.6 Å². The van der Waals surface area contributed by atoms with Crippen molar-refractivity contribution in [2.24, 2.45) is 0 Å². The zero-order chi connectivity index (χ0) is 20.1. The van der Waals surface area contributed by atoms with Crippen molar-refractivity contribution in [2.75, 3.05) is 0 Å². The van der Waals surface area contributed by atoms with Crippen molar-refractivity contribution in [3.63, 3.8) is 0 Å². The van der Waals surface area contributed by atoms with E-state index in [0.717, 1.165) is 23.1 Å². The van der Waals surface area contributed by atoms with Crippen molar-refractivity contribution >= 4 is 5.57 Å². The first-order valence-corrected chi connectivity index (χ1v) is 9.48. The maximum atomic E-state index is 9.65. The van der Waals surface area contributed by atoms with E-state index in [1.165, 1.54) is 5.56 Å². The molecule has 0 aromatic heterocycles. The van der Waals surface area contributed by atoms with E-state index in [4.69, 9.17) is 0 Å². The molecule has 0 aliphatic heterocycles. The third-order valence-electron chi connectivity index (χ3n) is 5.16. The van der Waals surface area contributed by atoms with Crippen molar-refractivity contribution in [1.82, 2.24) is 0 Å². The molecule has 0 radical (unpaired) electrons. The summed E-state index contributed by atoms with van der Waals surface area (Å²) in [6.07, 6.45) is 3.14. The van der Waals surface area contributed by atoms with E-state index in [2.05, 4.69) is 19.9 Å². The van der Waals surface area contributed by atoms with Crippen LogP contribution in [0.1, 0.15) is 48.8 Å². The number of rotatable bonds is 6. The van der Waals surface area contributed by atoms with Gasteiger partial charge in [-0.3, -0.25) is 0 Å². The Morgan fingerprint density at radius 3 is 1.64 bits per heavy atom. The molecule has 3 heteroatoms. The molecular formula is C25H26O3. The quantitative estimate of drug-likeness (QED) is 0.482. The van der Waals surface area contributed by atoms with Gasteiger partial charge in [0, 0.05) is 5.92 Å². The molecule has 3 rings (SSSR count). The molecule has 3 N–H and O–H groups in total. The molecule has 0 spiro atoms. The summed E-state index contributed by atoms with van der Waals surface area (Å²) in [4.78, 5) is 0. The molecule has 0 bridgehead atoms. The van der Waals surface area contributed by atoms with Crippen LogP contribution in [0.4, 0.5) is 0 Å². The minimum atomic E-state index is 0.165. The Kier molecular flexibility index (Phi) is 6.05. The van der Waals surface area contributed by atoms with Gasteiger partial charge < -0.3 is 15.3 Å². The lowest BCUT2D eigenvalue weighted by molar-refractivity contribution is 0.474. The van der Waals surface area contributed by atoms with Crippen LogP contribution in [0.5, 0.6) is 17.2 Å². The van der Waals surface area contributed by atoms with Crippen LogP contribution < -0.4 is 0 Å². The Labute approximate surface area is 166 Å². The molecule has 3 aromatic rings. The van der Waals surface area contributed by atoms with Crippen LogP contribution in [-0.2, 0) is 0 Å². The number of benzene rings is 3. The standard InChI is InChI=1S/C25H26O3/c1-17(19-3-9-23(26)10-4-19)15-22(21-7-13-25(28)14-8-21)16-18(2)20-5-11-24(27)12-6-20/h3-15,18,22,26-28H,16H2,1-2H3/b17-15-. The first-order valence-electron chi connectivity index (χ1n) is 9.48. The summed E-state index contributed by atoms with van der Waals surface area (Å²) >= 11 is 0. The van der Waals surface area contributed by atoms with E-state index in [1.54, 1.807) is 36.4 Å². The monoisotopic (exact) mass is 374 g/mol. The molecule has 3 nitrogen and oxygen atoms in total. The molecule has 0 amide bonds. The van der Waals surface area contributed by atoms with E-state index in [1.807, 2.05) is 36.4 Å². The van der Waals surface area contributed by atoms with Crippen molar-refractivity contribution in [3.8, 4) is 17.2 Å². The largest absolute Gasteiger partial charge is 0.508 e. The number of aromatic hydroxyl groups is 3. The summed E-state index contributed by atoms with van der Waals surface area (Å²) in [7, 11) is 0. The van der Waals surface area contributed by atoms with Crippen LogP contribution in [-0.4, -0.2) is 15.3 Å². The van der Waals surface area contributed by atoms with Crippen LogP contribution >= 0.6 is 0 Å². The van der Waals surface area contributed by atoms with Gasteiger partial charge in [-0.25, -0.2) is 0 Å². The van der Waals surface area contributed by atoms with Gasteiger partial charge in [-0.2, -0.15) is 0 Å².